The maximum atomic E-state index is 12.8. The van der Waals surface area contributed by atoms with Crippen LogP contribution in [0.2, 0.25) is 0 Å². The molecule has 0 heterocycles. The molecule has 116 valence electrons. The molecule has 0 aromatic heterocycles. The minimum Gasteiger partial charge on any atom is -0.480 e. The minimum atomic E-state index is -5.56. The average Bonchev–Trinajstić information content (AvgIpc) is 2.24. The van der Waals surface area contributed by atoms with Crippen molar-refractivity contribution in [3.63, 3.8) is 0 Å². The van der Waals surface area contributed by atoms with Crippen LogP contribution < -0.4 is 0 Å². The molecule has 0 unspecified atom stereocenters. The van der Waals surface area contributed by atoms with E-state index >= 15 is 0 Å². The van der Waals surface area contributed by atoms with E-state index in [9.17, 15) is 35.9 Å². The van der Waals surface area contributed by atoms with E-state index in [1.807, 2.05) is 0 Å². The number of halogens is 6. The number of alkyl halides is 6. The van der Waals surface area contributed by atoms with Crippen molar-refractivity contribution >= 4 is 11.9 Å². The van der Waals surface area contributed by atoms with Crippen molar-refractivity contribution in [1.82, 2.24) is 0 Å². The smallest absolute Gasteiger partial charge is 0.417 e. The highest BCUT2D eigenvalue weighted by atomic mass is 19.4. The highest BCUT2D eigenvalue weighted by Crippen LogP contribution is 2.43. The second-order valence-corrected chi connectivity index (χ2v) is 3.87. The molecule has 0 bridgehead atoms. The number of hydrogen-bond donors (Lipinski definition) is 2. The quantitative estimate of drug-likeness (QED) is 0.664. The molecule has 0 radical (unpaired) electrons. The molecule has 0 fully saturated rings. The zero-order valence-electron chi connectivity index (χ0n) is 9.79. The third-order valence-electron chi connectivity index (χ3n) is 2.49. The molecule has 0 amide bonds. The van der Waals surface area contributed by atoms with Crippen molar-refractivity contribution in [2.45, 2.75) is 18.3 Å². The molecule has 0 saturated carbocycles. The lowest BCUT2D eigenvalue weighted by molar-refractivity contribution is -0.163. The second kappa shape index (κ2) is 5.26. The summed E-state index contributed by atoms with van der Waals surface area (Å²) in [5.74, 6) is -7.16. The standard InChI is InChI=1S/C11H6F6O4/c12-10(13,14)5-3-1-2-4(7(5)11(15,16)17)6(8(18)19)9(20)21/h1-3,6H,(H,18,19)(H,20,21). The van der Waals surface area contributed by atoms with Gasteiger partial charge in [0.15, 0.2) is 5.92 Å². The Morgan fingerprint density at radius 1 is 0.905 bits per heavy atom. The van der Waals surface area contributed by atoms with Crippen LogP contribution in [0.25, 0.3) is 0 Å². The number of aliphatic carboxylic acids is 2. The molecule has 21 heavy (non-hydrogen) atoms. The Bertz CT molecular complexity index is 561. The predicted molar refractivity (Wildman–Crippen MR) is 54.5 cm³/mol. The number of rotatable bonds is 3. The molecule has 10 heteroatoms. The molecule has 4 nitrogen and oxygen atoms in total. The highest BCUT2D eigenvalue weighted by molar-refractivity contribution is 5.99. The van der Waals surface area contributed by atoms with E-state index in [0.717, 1.165) is 0 Å². The normalized spacial score (nSPS) is 12.5. The van der Waals surface area contributed by atoms with Gasteiger partial charge in [-0.1, -0.05) is 12.1 Å². The third kappa shape index (κ3) is 3.44. The first-order valence-corrected chi connectivity index (χ1v) is 5.10. The van der Waals surface area contributed by atoms with E-state index < -0.39 is 46.9 Å². The van der Waals surface area contributed by atoms with Crippen molar-refractivity contribution in [2.24, 2.45) is 0 Å². The van der Waals surface area contributed by atoms with Crippen LogP contribution in [0, 0.1) is 0 Å². The summed E-state index contributed by atoms with van der Waals surface area (Å²) >= 11 is 0. The first kappa shape index (κ1) is 16.8. The Morgan fingerprint density at radius 2 is 1.38 bits per heavy atom. The highest BCUT2D eigenvalue weighted by Gasteiger charge is 2.47. The molecular weight excluding hydrogens is 310 g/mol. The molecule has 0 atom stereocenters. The van der Waals surface area contributed by atoms with Gasteiger partial charge in [-0.3, -0.25) is 9.59 Å². The Morgan fingerprint density at radius 3 is 1.71 bits per heavy atom. The van der Waals surface area contributed by atoms with Gasteiger partial charge in [-0.05, 0) is 11.6 Å². The number of carboxylic acids is 2. The summed E-state index contributed by atoms with van der Waals surface area (Å²) in [4.78, 5) is 21.5. The molecular formula is C11H6F6O4. The maximum absolute atomic E-state index is 12.8. The first-order chi connectivity index (χ1) is 9.37. The maximum Gasteiger partial charge on any atom is 0.417 e. The third-order valence-corrected chi connectivity index (χ3v) is 2.49. The van der Waals surface area contributed by atoms with E-state index in [-0.39, 0.29) is 6.07 Å². The average molecular weight is 316 g/mol. The van der Waals surface area contributed by atoms with Crippen LogP contribution in [0.1, 0.15) is 22.6 Å². The van der Waals surface area contributed by atoms with E-state index in [0.29, 0.717) is 12.1 Å². The molecule has 1 rings (SSSR count). The Hall–Kier alpha value is -2.26. The van der Waals surface area contributed by atoms with Crippen molar-refractivity contribution < 1.29 is 46.1 Å². The van der Waals surface area contributed by atoms with Crippen LogP contribution >= 0.6 is 0 Å². The van der Waals surface area contributed by atoms with Gasteiger partial charge in [0.25, 0.3) is 0 Å². The summed E-state index contributed by atoms with van der Waals surface area (Å²) in [6.45, 7) is 0. The number of hydrogen-bond acceptors (Lipinski definition) is 2. The lowest BCUT2D eigenvalue weighted by atomic mass is 9.90. The Kier molecular flexibility index (Phi) is 4.21. The fraction of sp³-hybridized carbons (Fsp3) is 0.273. The van der Waals surface area contributed by atoms with Gasteiger partial charge in [0.1, 0.15) is 0 Å². The monoisotopic (exact) mass is 316 g/mol. The van der Waals surface area contributed by atoms with Crippen molar-refractivity contribution in [3.05, 3.63) is 34.9 Å². The molecule has 0 aliphatic rings. The summed E-state index contributed by atoms with van der Waals surface area (Å²) in [5, 5.41) is 17.3. The predicted octanol–water partition coefficient (Wildman–Crippen LogP) is 2.98. The van der Waals surface area contributed by atoms with Crippen LogP contribution in [0.3, 0.4) is 0 Å². The van der Waals surface area contributed by atoms with E-state index in [4.69, 9.17) is 10.2 Å². The molecule has 1 aromatic rings. The van der Waals surface area contributed by atoms with Crippen molar-refractivity contribution in [3.8, 4) is 0 Å². The van der Waals surface area contributed by atoms with Crippen LogP contribution in [-0.4, -0.2) is 22.2 Å². The fourth-order valence-corrected chi connectivity index (χ4v) is 1.74. The van der Waals surface area contributed by atoms with Crippen molar-refractivity contribution in [1.29, 1.82) is 0 Å². The SMILES string of the molecule is O=C(O)C(C(=O)O)c1cccc(C(F)(F)F)c1C(F)(F)F. The minimum absolute atomic E-state index is 0.104. The molecule has 0 aliphatic heterocycles. The van der Waals surface area contributed by atoms with Crippen LogP contribution in [0.5, 0.6) is 0 Å². The van der Waals surface area contributed by atoms with Gasteiger partial charge >= 0.3 is 24.3 Å². The van der Waals surface area contributed by atoms with Crippen LogP contribution in [-0.2, 0) is 21.9 Å². The number of carboxylic acid groups (broad SMARTS) is 2. The van der Waals surface area contributed by atoms with Gasteiger partial charge in [0.2, 0.25) is 0 Å². The van der Waals surface area contributed by atoms with Crippen molar-refractivity contribution in [2.75, 3.05) is 0 Å². The van der Waals surface area contributed by atoms with E-state index in [1.54, 1.807) is 0 Å². The summed E-state index contributed by atoms with van der Waals surface area (Å²) in [6, 6.07) is 1.02. The van der Waals surface area contributed by atoms with Gasteiger partial charge in [-0.15, -0.1) is 0 Å². The van der Waals surface area contributed by atoms with E-state index in [2.05, 4.69) is 0 Å². The Labute approximate surface area is 112 Å². The lowest BCUT2D eigenvalue weighted by Crippen LogP contribution is -2.27. The van der Waals surface area contributed by atoms with Gasteiger partial charge in [0, 0.05) is 0 Å². The van der Waals surface area contributed by atoms with Gasteiger partial charge in [-0.2, -0.15) is 26.3 Å². The summed E-state index contributed by atoms with van der Waals surface area (Å²) < 4.78 is 76.4. The van der Waals surface area contributed by atoms with Crippen LogP contribution in [0.4, 0.5) is 26.3 Å². The molecule has 1 aromatic carbocycles. The molecule has 0 saturated heterocycles. The zero-order chi connectivity index (χ0) is 16.6. The molecule has 2 N–H and O–H groups in total. The van der Waals surface area contributed by atoms with Crippen LogP contribution in [0.15, 0.2) is 18.2 Å². The second-order valence-electron chi connectivity index (χ2n) is 3.87. The molecule has 0 spiro atoms. The molecule has 0 aliphatic carbocycles. The van der Waals surface area contributed by atoms with Gasteiger partial charge in [-0.25, -0.2) is 0 Å². The van der Waals surface area contributed by atoms with Gasteiger partial charge in [0.05, 0.1) is 11.1 Å². The topological polar surface area (TPSA) is 74.6 Å². The number of benzene rings is 1. The Balaban J connectivity index is 3.75. The summed E-state index contributed by atoms with van der Waals surface area (Å²) in [6.07, 6.45) is -11.0. The summed E-state index contributed by atoms with van der Waals surface area (Å²) in [5.41, 5.74) is -5.93. The van der Waals surface area contributed by atoms with Gasteiger partial charge < -0.3 is 10.2 Å². The zero-order valence-corrected chi connectivity index (χ0v) is 9.79. The first-order valence-electron chi connectivity index (χ1n) is 5.10. The summed E-state index contributed by atoms with van der Waals surface area (Å²) in [7, 11) is 0. The lowest BCUT2D eigenvalue weighted by Gasteiger charge is -2.20. The van der Waals surface area contributed by atoms with E-state index in [1.165, 1.54) is 0 Å². The number of carbonyl (C=O) groups is 2. The fourth-order valence-electron chi connectivity index (χ4n) is 1.74. The largest absolute Gasteiger partial charge is 0.480 e.